The number of fused-ring (bicyclic) bond motifs is 2. The Bertz CT molecular complexity index is 926. The largest absolute Gasteiger partial charge is 0.494 e. The van der Waals surface area contributed by atoms with Gasteiger partial charge in [0.1, 0.15) is 5.75 Å². The second-order valence-electron chi connectivity index (χ2n) is 8.42. The number of carbonyl (C=O) groups excluding carboxylic acids is 3. The number of unbranched alkanes of at least 4 members (excludes halogenated alkanes) is 1. The van der Waals surface area contributed by atoms with Gasteiger partial charge in [0, 0.05) is 28.7 Å². The van der Waals surface area contributed by atoms with E-state index in [4.69, 9.17) is 9.47 Å². The van der Waals surface area contributed by atoms with Crippen LogP contribution in [-0.4, -0.2) is 42.0 Å². The van der Waals surface area contributed by atoms with Gasteiger partial charge >= 0.3 is 5.97 Å². The van der Waals surface area contributed by atoms with Gasteiger partial charge in [-0.05, 0) is 49.5 Å². The molecule has 32 heavy (non-hydrogen) atoms. The predicted molar refractivity (Wildman–Crippen MR) is 121 cm³/mol. The maximum atomic E-state index is 12.8. The molecule has 1 aromatic rings. The zero-order chi connectivity index (χ0) is 23.1. The van der Waals surface area contributed by atoms with Crippen LogP contribution in [0.2, 0.25) is 0 Å². The first kappa shape index (κ1) is 23.9. The number of hydrogen-bond donors (Lipinski definition) is 1. The van der Waals surface area contributed by atoms with E-state index in [1.807, 2.05) is 0 Å². The Kier molecular flexibility index (Phi) is 8.39. The Balaban J connectivity index is 1.50. The van der Waals surface area contributed by atoms with Crippen molar-refractivity contribution in [2.45, 2.75) is 64.9 Å². The highest BCUT2D eigenvalue weighted by molar-refractivity contribution is 6.31. The third-order valence-electron chi connectivity index (χ3n) is 6.00. The molecule has 2 unspecified atom stereocenters. The minimum atomic E-state index is -0.745. The normalized spacial score (nSPS) is 18.3. The van der Waals surface area contributed by atoms with E-state index in [0.29, 0.717) is 54.4 Å². The van der Waals surface area contributed by atoms with Crippen LogP contribution in [0.4, 0.5) is 0 Å². The smallest absolute Gasteiger partial charge is 0.305 e. The summed E-state index contributed by atoms with van der Waals surface area (Å²) in [4.78, 5) is 37.5. The number of aliphatic hydroxyl groups is 1. The number of Topliss-reactive ketones (excluding diaryl/α,β-unsaturated/α-hetero) is 2. The molecule has 2 atom stereocenters. The van der Waals surface area contributed by atoms with Gasteiger partial charge in [-0.1, -0.05) is 39.2 Å². The summed E-state index contributed by atoms with van der Waals surface area (Å²) in [5.41, 5.74) is 1.24. The van der Waals surface area contributed by atoms with Gasteiger partial charge in [0.15, 0.2) is 11.6 Å². The molecule has 0 aromatic heterocycles. The SMILES string of the molecule is CCCCC(CC)COC(=O)CCCOc1ccc2c(c1)C(=O)C1=CCC(O)C=C1C2=O. The molecule has 2 aliphatic carbocycles. The van der Waals surface area contributed by atoms with E-state index < -0.39 is 6.10 Å². The molecule has 1 N–H and O–H groups in total. The summed E-state index contributed by atoms with van der Waals surface area (Å²) >= 11 is 0. The highest BCUT2D eigenvalue weighted by atomic mass is 16.5. The van der Waals surface area contributed by atoms with Gasteiger partial charge in [-0.25, -0.2) is 0 Å². The number of benzene rings is 1. The number of aliphatic hydroxyl groups excluding tert-OH is 1. The zero-order valence-corrected chi connectivity index (χ0v) is 18.9. The molecule has 0 amide bonds. The lowest BCUT2D eigenvalue weighted by molar-refractivity contribution is -0.145. The first-order chi connectivity index (χ1) is 15.4. The number of hydrogen-bond acceptors (Lipinski definition) is 6. The first-order valence-electron chi connectivity index (χ1n) is 11.6. The van der Waals surface area contributed by atoms with Crippen LogP contribution in [0.1, 0.15) is 79.5 Å². The first-order valence-corrected chi connectivity index (χ1v) is 11.6. The average molecular weight is 441 g/mol. The van der Waals surface area contributed by atoms with E-state index in [-0.39, 0.29) is 29.5 Å². The van der Waals surface area contributed by atoms with E-state index in [1.165, 1.54) is 6.08 Å². The van der Waals surface area contributed by atoms with Gasteiger partial charge in [-0.15, -0.1) is 0 Å². The van der Waals surface area contributed by atoms with E-state index in [9.17, 15) is 19.5 Å². The van der Waals surface area contributed by atoms with E-state index in [1.54, 1.807) is 24.3 Å². The molecule has 0 heterocycles. The van der Waals surface area contributed by atoms with Crippen molar-refractivity contribution in [2.75, 3.05) is 13.2 Å². The van der Waals surface area contributed by atoms with Crippen LogP contribution in [0, 0.1) is 5.92 Å². The Morgan fingerprint density at radius 2 is 1.91 bits per heavy atom. The topological polar surface area (TPSA) is 89.9 Å². The molecule has 172 valence electrons. The van der Waals surface area contributed by atoms with Crippen LogP contribution in [0.25, 0.3) is 0 Å². The molecule has 2 aliphatic rings. The third kappa shape index (κ3) is 5.74. The van der Waals surface area contributed by atoms with E-state index >= 15 is 0 Å². The zero-order valence-electron chi connectivity index (χ0n) is 18.9. The molecule has 6 heteroatoms. The minimum absolute atomic E-state index is 0.222. The average Bonchev–Trinajstić information content (AvgIpc) is 2.80. The molecule has 3 rings (SSSR count). The molecule has 0 bridgehead atoms. The second kappa shape index (κ2) is 11.2. The molecular formula is C26H32O6. The number of carbonyl (C=O) groups is 3. The van der Waals surface area contributed by atoms with Crippen molar-refractivity contribution in [1.82, 2.24) is 0 Å². The Morgan fingerprint density at radius 1 is 1.12 bits per heavy atom. The number of ketones is 2. The second-order valence-corrected chi connectivity index (χ2v) is 8.42. The number of rotatable bonds is 11. The lowest BCUT2D eigenvalue weighted by Gasteiger charge is -2.24. The van der Waals surface area contributed by atoms with Crippen LogP contribution in [0.15, 0.2) is 41.5 Å². The van der Waals surface area contributed by atoms with Crippen molar-refractivity contribution in [2.24, 2.45) is 5.92 Å². The Morgan fingerprint density at radius 3 is 2.66 bits per heavy atom. The van der Waals surface area contributed by atoms with Crippen molar-refractivity contribution in [1.29, 1.82) is 0 Å². The van der Waals surface area contributed by atoms with Crippen molar-refractivity contribution in [3.8, 4) is 5.75 Å². The molecule has 0 radical (unpaired) electrons. The molecule has 0 saturated carbocycles. The lowest BCUT2D eigenvalue weighted by Crippen LogP contribution is -2.26. The fourth-order valence-corrected chi connectivity index (χ4v) is 3.99. The number of ether oxygens (including phenoxy) is 2. The van der Waals surface area contributed by atoms with Gasteiger partial charge in [-0.3, -0.25) is 14.4 Å². The Labute approximate surface area is 189 Å². The van der Waals surface area contributed by atoms with Gasteiger partial charge in [0.25, 0.3) is 0 Å². The van der Waals surface area contributed by atoms with Gasteiger partial charge in [0.2, 0.25) is 0 Å². The van der Waals surface area contributed by atoms with Crippen LogP contribution in [-0.2, 0) is 9.53 Å². The number of esters is 1. The summed E-state index contributed by atoms with van der Waals surface area (Å²) in [7, 11) is 0. The maximum Gasteiger partial charge on any atom is 0.305 e. The van der Waals surface area contributed by atoms with Gasteiger partial charge in [0.05, 0.1) is 19.3 Å². The summed E-state index contributed by atoms with van der Waals surface area (Å²) in [5.74, 6) is 0.181. The quantitative estimate of drug-likeness (QED) is 0.399. The molecule has 1 aromatic carbocycles. The van der Waals surface area contributed by atoms with Crippen LogP contribution >= 0.6 is 0 Å². The standard InChI is InChI=1S/C26H32O6/c1-3-5-7-17(4-2)16-32-24(28)8-6-13-31-19-10-12-21-23(15-19)26(30)20-11-9-18(27)14-22(20)25(21)29/h10-12,14-15,17-18,27H,3-9,13,16H2,1-2H3. The van der Waals surface area contributed by atoms with Crippen molar-refractivity contribution >= 4 is 17.5 Å². The van der Waals surface area contributed by atoms with Crippen LogP contribution in [0.5, 0.6) is 5.75 Å². The molecule has 0 fully saturated rings. The molecule has 6 nitrogen and oxygen atoms in total. The Hall–Kier alpha value is -2.73. The highest BCUT2D eigenvalue weighted by Gasteiger charge is 2.34. The fourth-order valence-electron chi connectivity index (χ4n) is 3.99. The van der Waals surface area contributed by atoms with Gasteiger partial charge < -0.3 is 14.6 Å². The van der Waals surface area contributed by atoms with Crippen molar-refractivity contribution < 1.29 is 29.0 Å². The van der Waals surface area contributed by atoms with Crippen molar-refractivity contribution in [3.63, 3.8) is 0 Å². The summed E-state index contributed by atoms with van der Waals surface area (Å²) in [6, 6.07) is 4.81. The summed E-state index contributed by atoms with van der Waals surface area (Å²) in [5, 5.41) is 9.77. The summed E-state index contributed by atoms with van der Waals surface area (Å²) in [6.07, 6.45) is 7.80. The van der Waals surface area contributed by atoms with Crippen LogP contribution in [0.3, 0.4) is 0 Å². The molecule has 0 spiro atoms. The molecular weight excluding hydrogens is 408 g/mol. The number of allylic oxidation sites excluding steroid dienone is 2. The van der Waals surface area contributed by atoms with E-state index in [0.717, 1.165) is 25.7 Å². The summed E-state index contributed by atoms with van der Waals surface area (Å²) in [6.45, 7) is 5.05. The molecule has 0 aliphatic heterocycles. The highest BCUT2D eigenvalue weighted by Crippen LogP contribution is 2.34. The fraction of sp³-hybridized carbons (Fsp3) is 0.500. The maximum absolute atomic E-state index is 12.8. The summed E-state index contributed by atoms with van der Waals surface area (Å²) < 4.78 is 11.1. The lowest BCUT2D eigenvalue weighted by atomic mass is 9.79. The predicted octanol–water partition coefficient (Wildman–Crippen LogP) is 4.60. The third-order valence-corrected chi connectivity index (χ3v) is 6.00. The molecule has 0 saturated heterocycles. The van der Waals surface area contributed by atoms with Gasteiger partial charge in [-0.2, -0.15) is 0 Å². The van der Waals surface area contributed by atoms with Crippen molar-refractivity contribution in [3.05, 3.63) is 52.6 Å². The minimum Gasteiger partial charge on any atom is -0.494 e. The van der Waals surface area contributed by atoms with Crippen LogP contribution < -0.4 is 4.74 Å². The van der Waals surface area contributed by atoms with E-state index in [2.05, 4.69) is 13.8 Å². The monoisotopic (exact) mass is 440 g/mol.